The first-order valence-electron chi connectivity index (χ1n) is 11.2. The van der Waals surface area contributed by atoms with Gasteiger partial charge in [-0.2, -0.15) is 0 Å². The summed E-state index contributed by atoms with van der Waals surface area (Å²) in [7, 11) is 3.32. The summed E-state index contributed by atoms with van der Waals surface area (Å²) >= 11 is 6.51. The normalized spacial score (nSPS) is 17.9. The molecule has 0 spiro atoms. The molecule has 0 bridgehead atoms. The molecule has 0 aromatic heterocycles. The van der Waals surface area contributed by atoms with Gasteiger partial charge in [-0.05, 0) is 17.7 Å². The topological polar surface area (TPSA) is 102 Å². The Hall–Kier alpha value is -3.79. The highest BCUT2D eigenvalue weighted by atomic mass is 35.5. The van der Waals surface area contributed by atoms with Crippen LogP contribution in [-0.4, -0.2) is 85.1 Å². The van der Waals surface area contributed by atoms with E-state index in [2.05, 4.69) is 5.32 Å². The van der Waals surface area contributed by atoms with Crippen molar-refractivity contribution in [3.05, 3.63) is 64.7 Å². The lowest BCUT2D eigenvalue weighted by atomic mass is 10.1. The van der Waals surface area contributed by atoms with E-state index in [-0.39, 0.29) is 19.0 Å². The first kappa shape index (κ1) is 24.3. The third-order valence-electron chi connectivity index (χ3n) is 5.93. The van der Waals surface area contributed by atoms with Crippen LogP contribution in [0.25, 0.3) is 0 Å². The van der Waals surface area contributed by atoms with Gasteiger partial charge in [-0.15, -0.1) is 0 Å². The molecule has 10 nitrogen and oxygen atoms in total. The molecular formula is C24H26ClN5O5. The number of halogens is 1. The van der Waals surface area contributed by atoms with Crippen LogP contribution in [0.3, 0.4) is 0 Å². The molecule has 5 amide bonds. The quantitative estimate of drug-likeness (QED) is 0.634. The van der Waals surface area contributed by atoms with Gasteiger partial charge in [0.25, 0.3) is 11.8 Å². The van der Waals surface area contributed by atoms with Crippen molar-refractivity contribution in [2.24, 2.45) is 0 Å². The molecule has 0 aliphatic carbocycles. The Morgan fingerprint density at radius 1 is 1.03 bits per heavy atom. The number of urea groups is 1. The van der Waals surface area contributed by atoms with Crippen molar-refractivity contribution in [2.45, 2.75) is 12.5 Å². The maximum Gasteiger partial charge on any atom is 0.434 e. The van der Waals surface area contributed by atoms with Gasteiger partial charge in [0.05, 0.1) is 16.3 Å². The Bertz CT molecular complexity index is 1130. The minimum Gasteiger partial charge on any atom is -0.367 e. The van der Waals surface area contributed by atoms with E-state index in [4.69, 9.17) is 16.4 Å². The van der Waals surface area contributed by atoms with E-state index >= 15 is 0 Å². The molecule has 2 heterocycles. The van der Waals surface area contributed by atoms with E-state index < -0.39 is 24.1 Å². The molecule has 4 rings (SSSR count). The lowest BCUT2D eigenvalue weighted by Gasteiger charge is -2.36. The van der Waals surface area contributed by atoms with E-state index in [1.165, 1.54) is 9.80 Å². The number of hydrogen-bond acceptors (Lipinski definition) is 6. The average Bonchev–Trinajstić information content (AvgIpc) is 3.11. The number of rotatable bonds is 5. The molecular weight excluding hydrogens is 474 g/mol. The monoisotopic (exact) mass is 499 g/mol. The maximum atomic E-state index is 12.7. The van der Waals surface area contributed by atoms with Gasteiger partial charge in [-0.1, -0.05) is 53.1 Å². The smallest absolute Gasteiger partial charge is 0.367 e. The van der Waals surface area contributed by atoms with Crippen LogP contribution in [0.5, 0.6) is 0 Å². The number of carbonyl (C=O) groups excluding carboxylic acids is 4. The minimum atomic E-state index is -0.797. The van der Waals surface area contributed by atoms with Crippen LogP contribution >= 0.6 is 11.6 Å². The second-order valence-electron chi connectivity index (χ2n) is 8.49. The third kappa shape index (κ3) is 5.17. The van der Waals surface area contributed by atoms with Gasteiger partial charge in [0.2, 0.25) is 0 Å². The van der Waals surface area contributed by atoms with Crippen molar-refractivity contribution in [3.63, 3.8) is 0 Å². The second kappa shape index (κ2) is 10.2. The van der Waals surface area contributed by atoms with E-state index in [1.54, 1.807) is 26.2 Å². The van der Waals surface area contributed by atoms with Gasteiger partial charge in [0, 0.05) is 46.7 Å². The number of hydrogen-bond donors (Lipinski definition) is 1. The van der Waals surface area contributed by atoms with Crippen LogP contribution in [0.1, 0.15) is 15.9 Å². The summed E-state index contributed by atoms with van der Waals surface area (Å²) in [5.41, 5.74) is 1.98. The summed E-state index contributed by atoms with van der Waals surface area (Å²) in [6.45, 7) is 1.45. The predicted octanol–water partition coefficient (Wildman–Crippen LogP) is 2.38. The molecule has 2 saturated heterocycles. The number of nitrogens with zero attached hydrogens (tertiary/aromatic N) is 4. The fourth-order valence-corrected chi connectivity index (χ4v) is 4.35. The highest BCUT2D eigenvalue weighted by molar-refractivity contribution is 6.36. The number of benzene rings is 2. The largest absolute Gasteiger partial charge is 0.434 e. The highest BCUT2D eigenvalue weighted by Crippen LogP contribution is 2.30. The van der Waals surface area contributed by atoms with Crippen LogP contribution in [0, 0.1) is 0 Å². The summed E-state index contributed by atoms with van der Waals surface area (Å²) in [5.74, 6) is -0.807. The molecule has 2 aromatic carbocycles. The lowest BCUT2D eigenvalue weighted by Crippen LogP contribution is -2.50. The average molecular weight is 500 g/mol. The van der Waals surface area contributed by atoms with Crippen molar-refractivity contribution in [1.82, 2.24) is 20.2 Å². The van der Waals surface area contributed by atoms with Gasteiger partial charge >= 0.3 is 12.1 Å². The van der Waals surface area contributed by atoms with Gasteiger partial charge in [-0.3, -0.25) is 9.59 Å². The van der Waals surface area contributed by atoms with E-state index in [0.717, 1.165) is 5.56 Å². The van der Waals surface area contributed by atoms with Crippen molar-refractivity contribution >= 4 is 41.2 Å². The van der Waals surface area contributed by atoms with E-state index in [1.807, 2.05) is 41.3 Å². The van der Waals surface area contributed by atoms with Gasteiger partial charge < -0.3 is 24.9 Å². The summed E-state index contributed by atoms with van der Waals surface area (Å²) in [6.07, 6.45) is -0.481. The van der Waals surface area contributed by atoms with Crippen LogP contribution in [-0.2, 0) is 16.1 Å². The molecule has 2 aliphatic heterocycles. The molecule has 35 heavy (non-hydrogen) atoms. The predicted molar refractivity (Wildman–Crippen MR) is 129 cm³/mol. The van der Waals surface area contributed by atoms with Crippen LogP contribution < -0.4 is 10.2 Å². The molecule has 0 saturated carbocycles. The van der Waals surface area contributed by atoms with Gasteiger partial charge in [0.1, 0.15) is 6.04 Å². The molecule has 11 heteroatoms. The van der Waals surface area contributed by atoms with E-state index in [9.17, 15) is 19.2 Å². The minimum absolute atomic E-state index is 0.196. The molecule has 2 aromatic rings. The van der Waals surface area contributed by atoms with E-state index in [0.29, 0.717) is 40.8 Å². The molecule has 0 radical (unpaired) electrons. The van der Waals surface area contributed by atoms with Gasteiger partial charge in [0.15, 0.2) is 0 Å². The number of hydroxylamine groups is 2. The zero-order valence-electron chi connectivity index (χ0n) is 19.4. The summed E-state index contributed by atoms with van der Waals surface area (Å²) in [6, 6.07) is 13.0. The SMILES string of the molecule is CN(C)C(=O)c1cccc(N2CCN(C(=O)ON3C(=O)NC(Cc4ccccc4)C3=O)CC2)c1Cl. The second-order valence-corrected chi connectivity index (χ2v) is 8.87. The van der Waals surface area contributed by atoms with Crippen molar-refractivity contribution in [3.8, 4) is 0 Å². The fourth-order valence-electron chi connectivity index (χ4n) is 4.02. The van der Waals surface area contributed by atoms with Crippen molar-refractivity contribution in [1.29, 1.82) is 0 Å². The number of imide groups is 1. The zero-order valence-corrected chi connectivity index (χ0v) is 20.2. The molecule has 1 N–H and O–H groups in total. The lowest BCUT2D eigenvalue weighted by molar-refractivity contribution is -0.151. The number of nitrogens with one attached hydrogen (secondary N) is 1. The standard InChI is InChI=1S/C24H26ClN5O5/c1-27(2)21(31)17-9-6-10-19(20(17)25)28-11-13-29(14-12-28)24(34)35-30-22(32)18(26-23(30)33)15-16-7-4-3-5-8-16/h3-10,18H,11-15H2,1-2H3,(H,26,33). The number of amides is 5. The highest BCUT2D eigenvalue weighted by Gasteiger charge is 2.42. The molecule has 2 aliphatic rings. The Labute approximate surface area is 207 Å². The molecule has 1 unspecified atom stereocenters. The first-order chi connectivity index (χ1) is 16.8. The van der Waals surface area contributed by atoms with Crippen LogP contribution in [0.2, 0.25) is 5.02 Å². The number of carbonyl (C=O) groups is 4. The van der Waals surface area contributed by atoms with Gasteiger partial charge in [-0.25, -0.2) is 9.59 Å². The van der Waals surface area contributed by atoms with Crippen LogP contribution in [0.15, 0.2) is 48.5 Å². The number of piperazine rings is 1. The third-order valence-corrected chi connectivity index (χ3v) is 6.32. The molecule has 1 atom stereocenters. The summed E-state index contributed by atoms with van der Waals surface area (Å²) in [5, 5.41) is 3.40. The Morgan fingerprint density at radius 2 is 1.71 bits per heavy atom. The van der Waals surface area contributed by atoms with Crippen molar-refractivity contribution in [2.75, 3.05) is 45.2 Å². The maximum absolute atomic E-state index is 12.7. The molecule has 2 fully saturated rings. The van der Waals surface area contributed by atoms with Crippen LogP contribution in [0.4, 0.5) is 15.3 Å². The summed E-state index contributed by atoms with van der Waals surface area (Å²) in [4.78, 5) is 59.9. The Kier molecular flexibility index (Phi) is 7.11. The summed E-state index contributed by atoms with van der Waals surface area (Å²) < 4.78 is 0. The number of anilines is 1. The Balaban J connectivity index is 1.34. The zero-order chi connectivity index (χ0) is 25.1. The fraction of sp³-hybridized carbons (Fsp3) is 0.333. The Morgan fingerprint density at radius 3 is 2.37 bits per heavy atom. The molecule has 184 valence electrons. The first-order valence-corrected chi connectivity index (χ1v) is 11.5. The van der Waals surface area contributed by atoms with Crippen molar-refractivity contribution < 1.29 is 24.0 Å².